The molecule has 8 heteroatoms. The molecule has 1 amide bonds. The molecular weight excluding hydrogens is 342 g/mol. The Labute approximate surface area is 149 Å². The Kier molecular flexibility index (Phi) is 4.80. The number of methoxy groups -OCH3 is 2. The number of anilines is 1. The quantitative estimate of drug-likeness (QED) is 0.872. The second-order valence-electron chi connectivity index (χ2n) is 6.01. The van der Waals surface area contributed by atoms with Gasteiger partial charge in [-0.05, 0) is 19.9 Å². The molecule has 134 valence electrons. The van der Waals surface area contributed by atoms with Crippen molar-refractivity contribution in [3.63, 3.8) is 0 Å². The fourth-order valence-corrected chi connectivity index (χ4v) is 4.06. The van der Waals surface area contributed by atoms with Crippen molar-refractivity contribution >= 4 is 23.5 Å². The first-order valence-electron chi connectivity index (χ1n) is 7.94. The number of hydrogen-bond acceptors (Lipinski definition) is 5. The number of carbonyl (C=O) groups excluding carboxylic acids is 1. The zero-order valence-electron chi connectivity index (χ0n) is 14.6. The van der Waals surface area contributed by atoms with Crippen LogP contribution in [0.4, 0.5) is 5.82 Å². The van der Waals surface area contributed by atoms with Gasteiger partial charge in [-0.15, -0.1) is 11.8 Å². The number of carbonyl (C=O) groups is 1. The van der Waals surface area contributed by atoms with E-state index < -0.39 is 0 Å². The second-order valence-corrected chi connectivity index (χ2v) is 7.11. The molecule has 2 aromatic rings. The predicted octanol–water partition coefficient (Wildman–Crippen LogP) is 2.55. The molecule has 1 atom stereocenters. The average molecular weight is 363 g/mol. The summed E-state index contributed by atoms with van der Waals surface area (Å²) in [5.74, 6) is 1.94. The predicted molar refractivity (Wildman–Crippen MR) is 97.9 cm³/mol. The minimum Gasteiger partial charge on any atom is -0.497 e. The lowest BCUT2D eigenvalue weighted by Gasteiger charge is -2.18. The third-order valence-corrected chi connectivity index (χ3v) is 5.36. The minimum absolute atomic E-state index is 0.0123. The van der Waals surface area contributed by atoms with Gasteiger partial charge in [0.1, 0.15) is 17.3 Å². The summed E-state index contributed by atoms with van der Waals surface area (Å²) in [5.41, 5.74) is 1.16. The molecular formula is C17H21N3O4S. The summed E-state index contributed by atoms with van der Waals surface area (Å²) >= 11 is 1.40. The lowest BCUT2D eigenvalue weighted by molar-refractivity contribution is -0.113. The molecule has 1 unspecified atom stereocenters. The molecule has 7 nitrogen and oxygen atoms in total. The number of fused-ring (bicyclic) bond motifs is 1. The average Bonchev–Trinajstić information content (AvgIpc) is 2.81. The van der Waals surface area contributed by atoms with Crippen LogP contribution >= 0.6 is 11.8 Å². The second kappa shape index (κ2) is 6.87. The summed E-state index contributed by atoms with van der Waals surface area (Å²) in [6.07, 6.45) is 0. The van der Waals surface area contributed by atoms with E-state index in [2.05, 4.69) is 10.4 Å². The zero-order valence-corrected chi connectivity index (χ0v) is 15.4. The fourth-order valence-electron chi connectivity index (χ4n) is 2.91. The number of rotatable bonds is 4. The van der Waals surface area contributed by atoms with Crippen molar-refractivity contribution in [1.82, 2.24) is 9.78 Å². The van der Waals surface area contributed by atoms with Crippen LogP contribution in [0, 0.1) is 0 Å². The third-order valence-electron chi connectivity index (χ3n) is 4.10. The van der Waals surface area contributed by atoms with Crippen molar-refractivity contribution in [1.29, 1.82) is 0 Å². The smallest absolute Gasteiger partial charge is 0.270 e. The van der Waals surface area contributed by atoms with Gasteiger partial charge in [0.05, 0.1) is 30.8 Å². The Bertz CT molecular complexity index is 856. The molecule has 0 fully saturated rings. The molecule has 0 bridgehead atoms. The van der Waals surface area contributed by atoms with Crippen LogP contribution in [0.1, 0.15) is 36.3 Å². The van der Waals surface area contributed by atoms with E-state index in [1.165, 1.54) is 11.8 Å². The maximum absolute atomic E-state index is 12.6. The van der Waals surface area contributed by atoms with E-state index in [9.17, 15) is 9.59 Å². The minimum atomic E-state index is -0.321. The molecule has 0 saturated heterocycles. The number of amides is 1. The van der Waals surface area contributed by atoms with Gasteiger partial charge in [0, 0.05) is 17.7 Å². The molecule has 0 saturated carbocycles. The number of H-pyrrole nitrogens is 1. The van der Waals surface area contributed by atoms with Gasteiger partial charge in [-0.2, -0.15) is 0 Å². The van der Waals surface area contributed by atoms with Crippen LogP contribution in [0.3, 0.4) is 0 Å². The van der Waals surface area contributed by atoms with E-state index in [1.54, 1.807) is 25.0 Å². The summed E-state index contributed by atoms with van der Waals surface area (Å²) in [6.45, 7) is 3.90. The number of nitrogens with one attached hydrogen (secondary N) is 2. The lowest BCUT2D eigenvalue weighted by atomic mass is 10.0. The molecule has 25 heavy (non-hydrogen) atoms. The van der Waals surface area contributed by atoms with Crippen molar-refractivity contribution in [2.75, 3.05) is 25.3 Å². The molecule has 1 aliphatic rings. The number of hydrogen-bond donors (Lipinski definition) is 2. The molecule has 0 radical (unpaired) electrons. The van der Waals surface area contributed by atoms with Gasteiger partial charge in [-0.1, -0.05) is 6.07 Å². The zero-order chi connectivity index (χ0) is 18.1. The standard InChI is InChI=1S/C17H21N3O4S/c1-9(2)20-16-14(17(22)19-20)15(25-8-13(21)18-16)11-6-5-10(23-3)7-12(11)24-4/h5-7,9,15H,8H2,1-4H3,(H,18,21)(H,19,22). The van der Waals surface area contributed by atoms with Gasteiger partial charge >= 0.3 is 0 Å². The Morgan fingerprint density at radius 1 is 1.24 bits per heavy atom. The molecule has 0 aliphatic carbocycles. The Morgan fingerprint density at radius 2 is 2.00 bits per heavy atom. The fraction of sp³-hybridized carbons (Fsp3) is 0.412. The van der Waals surface area contributed by atoms with Gasteiger partial charge < -0.3 is 14.8 Å². The van der Waals surface area contributed by atoms with Crippen molar-refractivity contribution in [2.24, 2.45) is 0 Å². The van der Waals surface area contributed by atoms with Crippen LogP contribution in [-0.2, 0) is 4.79 Å². The molecule has 2 heterocycles. The summed E-state index contributed by atoms with van der Waals surface area (Å²) in [6, 6.07) is 5.49. The summed E-state index contributed by atoms with van der Waals surface area (Å²) in [5, 5.41) is 5.37. The third kappa shape index (κ3) is 3.13. The molecule has 1 aromatic heterocycles. The van der Waals surface area contributed by atoms with Crippen LogP contribution in [0.25, 0.3) is 0 Å². The topological polar surface area (TPSA) is 85.4 Å². The van der Waals surface area contributed by atoms with Gasteiger partial charge in [0.2, 0.25) is 5.91 Å². The maximum Gasteiger partial charge on any atom is 0.270 e. The van der Waals surface area contributed by atoms with E-state index in [4.69, 9.17) is 9.47 Å². The van der Waals surface area contributed by atoms with Crippen molar-refractivity contribution in [2.45, 2.75) is 25.1 Å². The van der Waals surface area contributed by atoms with Gasteiger partial charge in [0.15, 0.2) is 0 Å². The summed E-state index contributed by atoms with van der Waals surface area (Å²) in [4.78, 5) is 24.8. The Balaban J connectivity index is 2.19. The number of aromatic amines is 1. The van der Waals surface area contributed by atoms with E-state index in [1.807, 2.05) is 26.0 Å². The number of thioether (sulfide) groups is 1. The Hall–Kier alpha value is -2.35. The first kappa shape index (κ1) is 17.5. The van der Waals surface area contributed by atoms with Crippen LogP contribution in [0.2, 0.25) is 0 Å². The van der Waals surface area contributed by atoms with Gasteiger partial charge in [0.25, 0.3) is 5.56 Å². The molecule has 1 aromatic carbocycles. The van der Waals surface area contributed by atoms with Crippen LogP contribution in [-0.4, -0.2) is 35.7 Å². The van der Waals surface area contributed by atoms with Crippen molar-refractivity contribution in [3.05, 3.63) is 39.7 Å². The molecule has 0 spiro atoms. The first-order valence-corrected chi connectivity index (χ1v) is 8.99. The highest BCUT2D eigenvalue weighted by Gasteiger charge is 2.32. The lowest BCUT2D eigenvalue weighted by Crippen LogP contribution is -2.17. The highest BCUT2D eigenvalue weighted by Crippen LogP contribution is 2.44. The summed E-state index contributed by atoms with van der Waals surface area (Å²) in [7, 11) is 3.16. The van der Waals surface area contributed by atoms with E-state index in [0.29, 0.717) is 22.9 Å². The van der Waals surface area contributed by atoms with Crippen LogP contribution in [0.5, 0.6) is 11.5 Å². The van der Waals surface area contributed by atoms with E-state index in [0.717, 1.165) is 5.56 Å². The van der Waals surface area contributed by atoms with Gasteiger partial charge in [-0.3, -0.25) is 19.4 Å². The summed E-state index contributed by atoms with van der Waals surface area (Å²) < 4.78 is 12.4. The number of nitrogens with zero attached hydrogens (tertiary/aromatic N) is 1. The highest BCUT2D eigenvalue weighted by molar-refractivity contribution is 8.00. The normalized spacial score (nSPS) is 17.0. The van der Waals surface area contributed by atoms with Crippen molar-refractivity contribution < 1.29 is 14.3 Å². The molecule has 2 N–H and O–H groups in total. The van der Waals surface area contributed by atoms with E-state index >= 15 is 0 Å². The van der Waals surface area contributed by atoms with Crippen LogP contribution in [0.15, 0.2) is 23.0 Å². The van der Waals surface area contributed by atoms with Crippen LogP contribution < -0.4 is 20.3 Å². The molecule has 3 rings (SSSR count). The largest absolute Gasteiger partial charge is 0.497 e. The van der Waals surface area contributed by atoms with E-state index in [-0.39, 0.29) is 28.5 Å². The number of benzene rings is 1. The molecule has 1 aliphatic heterocycles. The maximum atomic E-state index is 12.6. The van der Waals surface area contributed by atoms with Crippen molar-refractivity contribution in [3.8, 4) is 11.5 Å². The first-order chi connectivity index (χ1) is 12.0. The van der Waals surface area contributed by atoms with Gasteiger partial charge in [-0.25, -0.2) is 0 Å². The number of aromatic nitrogens is 2. The highest BCUT2D eigenvalue weighted by atomic mass is 32.2. The number of ether oxygens (including phenoxy) is 2. The Morgan fingerprint density at radius 3 is 2.64 bits per heavy atom. The monoisotopic (exact) mass is 363 g/mol. The SMILES string of the molecule is COc1ccc(C2SCC(=O)Nc3c2c(=O)[nH]n3C(C)C)c(OC)c1.